The van der Waals surface area contributed by atoms with Crippen LogP contribution < -0.4 is 10.6 Å². The van der Waals surface area contributed by atoms with Crippen LogP contribution in [0.5, 0.6) is 0 Å². The Morgan fingerprint density at radius 1 is 1.42 bits per heavy atom. The number of hydrogen-bond donors (Lipinski definition) is 1. The van der Waals surface area contributed by atoms with E-state index in [0.29, 0.717) is 13.2 Å². The van der Waals surface area contributed by atoms with Crippen molar-refractivity contribution in [1.29, 1.82) is 0 Å². The number of amides is 1. The number of carbonyl (C=O) groups excluding carboxylic acids is 1. The van der Waals surface area contributed by atoms with Gasteiger partial charge in [-0.3, -0.25) is 4.79 Å². The van der Waals surface area contributed by atoms with E-state index in [1.165, 1.54) is 5.56 Å². The highest BCUT2D eigenvalue weighted by atomic mass is 16.5. The molecule has 1 saturated heterocycles. The molecule has 4 heteroatoms. The lowest BCUT2D eigenvalue weighted by molar-refractivity contribution is -0.123. The summed E-state index contributed by atoms with van der Waals surface area (Å²) in [5, 5.41) is 0. The zero-order valence-electron chi connectivity index (χ0n) is 11.2. The van der Waals surface area contributed by atoms with Crippen molar-refractivity contribution in [2.24, 2.45) is 11.7 Å². The minimum absolute atomic E-state index is 0.0119. The van der Waals surface area contributed by atoms with Gasteiger partial charge in [-0.25, -0.2) is 0 Å². The summed E-state index contributed by atoms with van der Waals surface area (Å²) >= 11 is 0. The lowest BCUT2D eigenvalue weighted by Gasteiger charge is -2.35. The van der Waals surface area contributed by atoms with Crippen LogP contribution in [0.3, 0.4) is 0 Å². The van der Waals surface area contributed by atoms with Crippen LogP contribution in [0.15, 0.2) is 24.3 Å². The zero-order chi connectivity index (χ0) is 13.4. The van der Waals surface area contributed by atoms with E-state index in [0.717, 1.165) is 18.5 Å². The molecular weight excluding hydrogens is 240 g/mol. The van der Waals surface area contributed by atoms with Gasteiger partial charge in [-0.05, 0) is 31.4 Å². The van der Waals surface area contributed by atoms with Gasteiger partial charge in [-0.2, -0.15) is 0 Å². The van der Waals surface area contributed by atoms with Crippen molar-refractivity contribution in [3.05, 3.63) is 29.8 Å². The van der Waals surface area contributed by atoms with Gasteiger partial charge >= 0.3 is 0 Å². The number of nitrogens with two attached hydrogens (primary N) is 1. The predicted octanol–water partition coefficient (Wildman–Crippen LogP) is 1.33. The Hall–Kier alpha value is -1.39. The highest BCUT2D eigenvalue weighted by Gasteiger charge is 2.36. The van der Waals surface area contributed by atoms with Crippen LogP contribution in [0.4, 0.5) is 5.69 Å². The first-order valence-electron chi connectivity index (χ1n) is 6.93. The number of anilines is 1. The number of carbonyl (C=O) groups is 1. The van der Waals surface area contributed by atoms with Gasteiger partial charge in [-0.15, -0.1) is 0 Å². The summed E-state index contributed by atoms with van der Waals surface area (Å²) in [5.74, 6) is 0.131. The normalized spacial score (nSPS) is 30.2. The van der Waals surface area contributed by atoms with Crippen molar-refractivity contribution in [3.63, 3.8) is 0 Å². The second-order valence-corrected chi connectivity index (χ2v) is 5.51. The predicted molar refractivity (Wildman–Crippen MR) is 74.0 cm³/mol. The third-order valence-electron chi connectivity index (χ3n) is 4.14. The highest BCUT2D eigenvalue weighted by molar-refractivity contribution is 5.96. The van der Waals surface area contributed by atoms with Crippen molar-refractivity contribution in [2.75, 3.05) is 18.1 Å². The largest absolute Gasteiger partial charge is 0.378 e. The van der Waals surface area contributed by atoms with Gasteiger partial charge < -0.3 is 15.4 Å². The number of rotatable bonds is 1. The zero-order valence-corrected chi connectivity index (χ0v) is 11.2. The molecular formula is C15H20N2O2. The fourth-order valence-corrected chi connectivity index (χ4v) is 3.09. The molecule has 19 heavy (non-hydrogen) atoms. The fourth-order valence-electron chi connectivity index (χ4n) is 3.09. The summed E-state index contributed by atoms with van der Waals surface area (Å²) in [5.41, 5.74) is 8.28. The smallest absolute Gasteiger partial charge is 0.232 e. The van der Waals surface area contributed by atoms with Crippen molar-refractivity contribution >= 4 is 11.6 Å². The minimum Gasteiger partial charge on any atom is -0.378 e. The molecule has 1 amide bonds. The van der Waals surface area contributed by atoms with E-state index in [-0.39, 0.29) is 24.0 Å². The maximum absolute atomic E-state index is 12.7. The molecule has 2 N–H and O–H groups in total. The molecule has 0 aliphatic carbocycles. The number of benzene rings is 1. The van der Waals surface area contributed by atoms with Crippen LogP contribution in [-0.2, 0) is 16.0 Å². The highest BCUT2D eigenvalue weighted by Crippen LogP contribution is 2.31. The lowest BCUT2D eigenvalue weighted by Crippen LogP contribution is -2.49. The third-order valence-corrected chi connectivity index (χ3v) is 4.14. The molecule has 3 atom stereocenters. The van der Waals surface area contributed by atoms with E-state index in [2.05, 4.69) is 6.07 Å². The van der Waals surface area contributed by atoms with Gasteiger partial charge in [-0.1, -0.05) is 18.2 Å². The number of para-hydroxylation sites is 1. The maximum Gasteiger partial charge on any atom is 0.232 e. The molecule has 4 nitrogen and oxygen atoms in total. The molecule has 2 aliphatic heterocycles. The molecule has 1 aromatic carbocycles. The lowest BCUT2D eigenvalue weighted by atomic mass is 9.94. The third kappa shape index (κ3) is 2.26. The second-order valence-electron chi connectivity index (χ2n) is 5.51. The van der Waals surface area contributed by atoms with E-state index in [9.17, 15) is 4.79 Å². The maximum atomic E-state index is 12.7. The molecule has 0 spiro atoms. The topological polar surface area (TPSA) is 55.6 Å². The molecule has 2 aliphatic rings. The van der Waals surface area contributed by atoms with Crippen LogP contribution in [-0.4, -0.2) is 31.2 Å². The van der Waals surface area contributed by atoms with E-state index < -0.39 is 0 Å². The average Bonchev–Trinajstić information content (AvgIpc) is 2.83. The van der Waals surface area contributed by atoms with Crippen LogP contribution in [0.25, 0.3) is 0 Å². The first-order valence-corrected chi connectivity index (χ1v) is 6.93. The summed E-state index contributed by atoms with van der Waals surface area (Å²) in [6, 6.07) is 8.07. The van der Waals surface area contributed by atoms with Gasteiger partial charge in [0.2, 0.25) is 5.91 Å². The van der Waals surface area contributed by atoms with E-state index in [1.807, 2.05) is 30.0 Å². The number of ether oxygens (including phenoxy) is 1. The molecule has 0 radical (unpaired) electrons. The van der Waals surface area contributed by atoms with Gasteiger partial charge in [0.05, 0.1) is 12.0 Å². The van der Waals surface area contributed by atoms with Gasteiger partial charge in [0.25, 0.3) is 0 Å². The van der Waals surface area contributed by atoms with E-state index in [1.54, 1.807) is 0 Å². The molecule has 102 valence electrons. The summed E-state index contributed by atoms with van der Waals surface area (Å²) in [7, 11) is 0. The van der Waals surface area contributed by atoms with Crippen molar-refractivity contribution in [1.82, 2.24) is 0 Å². The Labute approximate surface area is 113 Å². The first kappa shape index (κ1) is 12.6. The Bertz CT molecular complexity index is 489. The standard InChI is InChI=1S/C15H20N2O2/c1-10-13(6-7-19-10)15(18)17-9-12(16)8-11-4-2-3-5-14(11)17/h2-5,10,12-13H,6-9,16H2,1H3. The summed E-state index contributed by atoms with van der Waals surface area (Å²) in [4.78, 5) is 14.6. The van der Waals surface area contributed by atoms with Crippen LogP contribution >= 0.6 is 0 Å². The number of nitrogens with zero attached hydrogens (tertiary/aromatic N) is 1. The Kier molecular flexibility index (Phi) is 3.29. The number of fused-ring (bicyclic) bond motifs is 1. The van der Waals surface area contributed by atoms with Crippen LogP contribution in [0.2, 0.25) is 0 Å². The Balaban J connectivity index is 1.90. The molecule has 1 aromatic rings. The van der Waals surface area contributed by atoms with Gasteiger partial charge in [0.15, 0.2) is 0 Å². The summed E-state index contributed by atoms with van der Waals surface area (Å²) in [6.45, 7) is 3.27. The Morgan fingerprint density at radius 3 is 2.95 bits per heavy atom. The van der Waals surface area contributed by atoms with Crippen LogP contribution in [0, 0.1) is 5.92 Å². The summed E-state index contributed by atoms with van der Waals surface area (Å²) in [6.07, 6.45) is 1.67. The van der Waals surface area contributed by atoms with Gasteiger partial charge in [0, 0.05) is 24.9 Å². The van der Waals surface area contributed by atoms with Crippen LogP contribution in [0.1, 0.15) is 18.9 Å². The van der Waals surface area contributed by atoms with E-state index in [4.69, 9.17) is 10.5 Å². The second kappa shape index (κ2) is 4.94. The van der Waals surface area contributed by atoms with Crippen molar-refractivity contribution in [2.45, 2.75) is 31.9 Å². The average molecular weight is 260 g/mol. The fraction of sp³-hybridized carbons (Fsp3) is 0.533. The van der Waals surface area contributed by atoms with E-state index >= 15 is 0 Å². The monoisotopic (exact) mass is 260 g/mol. The molecule has 1 fully saturated rings. The number of hydrogen-bond acceptors (Lipinski definition) is 3. The molecule has 3 rings (SSSR count). The first-order chi connectivity index (χ1) is 9.16. The molecule has 2 heterocycles. The Morgan fingerprint density at radius 2 is 2.21 bits per heavy atom. The molecule has 3 unspecified atom stereocenters. The van der Waals surface area contributed by atoms with Crippen molar-refractivity contribution < 1.29 is 9.53 Å². The van der Waals surface area contributed by atoms with Crippen molar-refractivity contribution in [3.8, 4) is 0 Å². The molecule has 0 saturated carbocycles. The minimum atomic E-state index is -0.0293. The SMILES string of the molecule is CC1OCCC1C(=O)N1CC(N)Cc2ccccc21. The quantitative estimate of drug-likeness (QED) is 0.828. The molecule has 0 bridgehead atoms. The molecule has 0 aromatic heterocycles. The van der Waals surface area contributed by atoms with Gasteiger partial charge in [0.1, 0.15) is 0 Å². The summed E-state index contributed by atoms with van der Waals surface area (Å²) < 4.78 is 5.51.